The van der Waals surface area contributed by atoms with Crippen LogP contribution in [0.1, 0.15) is 54.9 Å². The maximum absolute atomic E-state index is 13.4. The quantitative estimate of drug-likeness (QED) is 0.541. The van der Waals surface area contributed by atoms with Crippen molar-refractivity contribution in [1.82, 2.24) is 19.3 Å². The monoisotopic (exact) mass is 447 g/mol. The van der Waals surface area contributed by atoms with E-state index in [4.69, 9.17) is 0 Å². The molecule has 6 nitrogen and oxygen atoms in total. The first-order valence-electron chi connectivity index (χ1n) is 10.5. The highest BCUT2D eigenvalue weighted by molar-refractivity contribution is 5.99. The lowest BCUT2D eigenvalue weighted by molar-refractivity contribution is -0.141. The van der Waals surface area contributed by atoms with Crippen molar-refractivity contribution in [2.75, 3.05) is 11.4 Å². The minimum atomic E-state index is -4.56. The molecule has 0 bridgehead atoms. The SMILES string of the molecule is Cc1nc(C(F)(F)F)cn1C1CCN(c2cnn(-c3ccc(F)cc3)c2C2CCC2)C1=O. The van der Waals surface area contributed by atoms with Gasteiger partial charge in [-0.3, -0.25) is 4.79 Å². The number of rotatable bonds is 4. The molecule has 32 heavy (non-hydrogen) atoms. The average Bonchev–Trinajstić information content (AvgIpc) is 3.38. The van der Waals surface area contributed by atoms with Gasteiger partial charge in [-0.25, -0.2) is 14.1 Å². The van der Waals surface area contributed by atoms with E-state index < -0.39 is 17.9 Å². The first kappa shape index (κ1) is 20.7. The van der Waals surface area contributed by atoms with Gasteiger partial charge in [0.25, 0.3) is 0 Å². The topological polar surface area (TPSA) is 56.0 Å². The lowest BCUT2D eigenvalue weighted by Crippen LogP contribution is -2.30. The van der Waals surface area contributed by atoms with E-state index in [0.717, 1.165) is 31.2 Å². The normalized spacial score (nSPS) is 19.6. The molecule has 3 aromatic rings. The van der Waals surface area contributed by atoms with Gasteiger partial charge in [0.15, 0.2) is 5.69 Å². The van der Waals surface area contributed by atoms with Gasteiger partial charge in [0.1, 0.15) is 17.7 Å². The Hall–Kier alpha value is -3.17. The number of hydrogen-bond acceptors (Lipinski definition) is 3. The third kappa shape index (κ3) is 3.37. The number of halogens is 4. The second kappa shape index (κ2) is 7.46. The smallest absolute Gasteiger partial charge is 0.322 e. The van der Waals surface area contributed by atoms with Crippen LogP contribution in [0.4, 0.5) is 23.2 Å². The molecule has 1 atom stereocenters. The summed E-state index contributed by atoms with van der Waals surface area (Å²) in [6.07, 6.45) is 1.34. The summed E-state index contributed by atoms with van der Waals surface area (Å²) in [7, 11) is 0. The van der Waals surface area contributed by atoms with Crippen LogP contribution >= 0.6 is 0 Å². The minimum Gasteiger partial charge on any atom is -0.322 e. The van der Waals surface area contributed by atoms with Gasteiger partial charge in [-0.05, 0) is 50.5 Å². The molecule has 1 aliphatic carbocycles. The van der Waals surface area contributed by atoms with Gasteiger partial charge in [-0.2, -0.15) is 18.3 Å². The summed E-state index contributed by atoms with van der Waals surface area (Å²) in [6, 6.07) is 5.24. The highest BCUT2D eigenvalue weighted by Crippen LogP contribution is 2.43. The molecule has 5 rings (SSSR count). The Balaban J connectivity index is 1.49. The van der Waals surface area contributed by atoms with Crippen molar-refractivity contribution in [1.29, 1.82) is 0 Å². The highest BCUT2D eigenvalue weighted by Gasteiger charge is 2.41. The fraction of sp³-hybridized carbons (Fsp3) is 0.409. The second-order valence-electron chi connectivity index (χ2n) is 8.30. The number of aryl methyl sites for hydroxylation is 1. The van der Waals surface area contributed by atoms with Crippen LogP contribution in [0.25, 0.3) is 5.69 Å². The Morgan fingerprint density at radius 1 is 1.09 bits per heavy atom. The van der Waals surface area contributed by atoms with Crippen molar-refractivity contribution in [3.8, 4) is 5.69 Å². The molecule has 2 aromatic heterocycles. The lowest BCUT2D eigenvalue weighted by atomic mass is 9.82. The Morgan fingerprint density at radius 2 is 1.81 bits per heavy atom. The number of aromatic nitrogens is 4. The maximum atomic E-state index is 13.4. The fourth-order valence-electron chi connectivity index (χ4n) is 4.51. The zero-order chi connectivity index (χ0) is 22.6. The van der Waals surface area contributed by atoms with Gasteiger partial charge >= 0.3 is 6.18 Å². The molecule has 0 spiro atoms. The lowest BCUT2D eigenvalue weighted by Gasteiger charge is -2.29. The molecule has 0 radical (unpaired) electrons. The van der Waals surface area contributed by atoms with Crippen LogP contribution in [0.3, 0.4) is 0 Å². The van der Waals surface area contributed by atoms with Gasteiger partial charge in [0, 0.05) is 18.7 Å². The summed E-state index contributed by atoms with van der Waals surface area (Å²) < 4.78 is 55.7. The third-order valence-electron chi connectivity index (χ3n) is 6.36. The van der Waals surface area contributed by atoms with E-state index in [1.54, 1.807) is 27.9 Å². The molecule has 0 N–H and O–H groups in total. The van der Waals surface area contributed by atoms with Crippen LogP contribution in [0.15, 0.2) is 36.7 Å². The standard InChI is InChI=1S/C22H21F4N5O/c1-13-28-19(22(24,25)26)12-30(13)17-9-10-29(21(17)32)18-11-27-31(20(18)14-3-2-4-14)16-7-5-15(23)6-8-16/h5-8,11-12,14,17H,2-4,9-10H2,1H3. The van der Waals surface area contributed by atoms with Gasteiger partial charge in [-0.1, -0.05) is 6.42 Å². The zero-order valence-electron chi connectivity index (χ0n) is 17.3. The molecule has 2 fully saturated rings. The second-order valence-corrected chi connectivity index (χ2v) is 8.30. The number of nitrogens with zero attached hydrogens (tertiary/aromatic N) is 5. The van der Waals surface area contributed by atoms with Crippen LogP contribution in [0, 0.1) is 12.7 Å². The van der Waals surface area contributed by atoms with Crippen molar-refractivity contribution in [3.05, 3.63) is 59.7 Å². The van der Waals surface area contributed by atoms with Crippen molar-refractivity contribution >= 4 is 11.6 Å². The number of imidazole rings is 1. The molecule has 1 unspecified atom stereocenters. The molecular formula is C22H21F4N5O. The van der Waals surface area contributed by atoms with Gasteiger partial charge in [0.05, 0.1) is 23.3 Å². The van der Waals surface area contributed by atoms with Crippen LogP contribution in [0.2, 0.25) is 0 Å². The Bertz CT molecular complexity index is 1160. The predicted octanol–water partition coefficient (Wildman–Crippen LogP) is 4.78. The van der Waals surface area contributed by atoms with E-state index in [-0.39, 0.29) is 23.5 Å². The molecule has 3 heterocycles. The zero-order valence-corrected chi connectivity index (χ0v) is 17.3. The number of benzene rings is 1. The van der Waals surface area contributed by atoms with Gasteiger partial charge in [-0.15, -0.1) is 0 Å². The van der Waals surface area contributed by atoms with Crippen molar-refractivity contribution in [3.63, 3.8) is 0 Å². The van der Waals surface area contributed by atoms with E-state index in [1.807, 2.05) is 0 Å². The Labute approximate surface area is 181 Å². The molecule has 10 heteroatoms. The van der Waals surface area contributed by atoms with Crippen molar-refractivity contribution in [2.45, 2.75) is 50.7 Å². The average molecular weight is 447 g/mol. The summed E-state index contributed by atoms with van der Waals surface area (Å²) in [5.41, 5.74) is 1.25. The van der Waals surface area contributed by atoms with Crippen molar-refractivity contribution in [2.24, 2.45) is 0 Å². The molecule has 1 amide bonds. The summed E-state index contributed by atoms with van der Waals surface area (Å²) in [5, 5.41) is 4.48. The van der Waals surface area contributed by atoms with E-state index in [1.165, 1.54) is 23.6 Å². The molecule has 1 saturated heterocycles. The molecule has 1 aromatic carbocycles. The molecule has 1 saturated carbocycles. The van der Waals surface area contributed by atoms with E-state index in [9.17, 15) is 22.4 Å². The third-order valence-corrected chi connectivity index (χ3v) is 6.36. The van der Waals surface area contributed by atoms with Crippen LogP contribution in [-0.4, -0.2) is 31.8 Å². The summed E-state index contributed by atoms with van der Waals surface area (Å²) in [5.74, 6) is -0.258. The van der Waals surface area contributed by atoms with Crippen LogP contribution in [-0.2, 0) is 11.0 Å². The molecule has 1 aliphatic heterocycles. The predicted molar refractivity (Wildman–Crippen MR) is 108 cm³/mol. The number of anilines is 1. The van der Waals surface area contributed by atoms with E-state index in [0.29, 0.717) is 24.3 Å². The maximum Gasteiger partial charge on any atom is 0.434 e. The molecule has 168 valence electrons. The number of hydrogen-bond donors (Lipinski definition) is 0. The first-order chi connectivity index (χ1) is 15.2. The number of carbonyl (C=O) groups excluding carboxylic acids is 1. The summed E-state index contributed by atoms with van der Waals surface area (Å²) in [6.45, 7) is 1.84. The number of alkyl halides is 3. The number of amides is 1. The van der Waals surface area contributed by atoms with Gasteiger partial charge in [0.2, 0.25) is 5.91 Å². The fourth-order valence-corrected chi connectivity index (χ4v) is 4.51. The van der Waals surface area contributed by atoms with Crippen molar-refractivity contribution < 1.29 is 22.4 Å². The highest BCUT2D eigenvalue weighted by atomic mass is 19.4. The Morgan fingerprint density at radius 3 is 2.41 bits per heavy atom. The Kier molecular flexibility index (Phi) is 4.83. The van der Waals surface area contributed by atoms with E-state index in [2.05, 4.69) is 10.1 Å². The number of carbonyl (C=O) groups is 1. The first-order valence-corrected chi connectivity index (χ1v) is 10.5. The molecular weight excluding hydrogens is 426 g/mol. The summed E-state index contributed by atoms with van der Waals surface area (Å²) in [4.78, 5) is 18.5. The summed E-state index contributed by atoms with van der Waals surface area (Å²) >= 11 is 0. The molecule has 2 aliphatic rings. The van der Waals surface area contributed by atoms with Crippen LogP contribution < -0.4 is 4.90 Å². The van der Waals surface area contributed by atoms with E-state index >= 15 is 0 Å². The van der Waals surface area contributed by atoms with Gasteiger partial charge < -0.3 is 9.47 Å². The van der Waals surface area contributed by atoms with Crippen LogP contribution in [0.5, 0.6) is 0 Å². The minimum absolute atomic E-state index is 0.152. The largest absolute Gasteiger partial charge is 0.434 e.